The zero-order valence-corrected chi connectivity index (χ0v) is 12.2. The molecule has 1 N–H and O–H groups in total. The number of benzene rings is 1. The number of hydrogen-bond donors (Lipinski definition) is 1. The van der Waals surface area contributed by atoms with E-state index in [1.165, 1.54) is 0 Å². The molecule has 108 valence electrons. The van der Waals surface area contributed by atoms with E-state index in [1.54, 1.807) is 25.5 Å². The first-order valence-electron chi connectivity index (χ1n) is 7.08. The highest BCUT2D eigenvalue weighted by molar-refractivity contribution is 5.93. The normalized spacial score (nSPS) is 20.8. The molecule has 1 aliphatic heterocycles. The third-order valence-corrected chi connectivity index (χ3v) is 3.81. The van der Waals surface area contributed by atoms with Gasteiger partial charge in [-0.05, 0) is 25.0 Å². The molecule has 5 heteroatoms. The minimum absolute atomic E-state index is 0.0768. The van der Waals surface area contributed by atoms with Gasteiger partial charge >= 0.3 is 0 Å². The first-order valence-corrected chi connectivity index (χ1v) is 7.08. The van der Waals surface area contributed by atoms with Crippen molar-refractivity contribution in [2.24, 2.45) is 0 Å². The maximum Gasteiger partial charge on any atom is 0.224 e. The second-order valence-electron chi connectivity index (χ2n) is 5.32. The molecule has 1 aliphatic rings. The molecule has 5 nitrogen and oxygen atoms in total. The summed E-state index contributed by atoms with van der Waals surface area (Å²) in [5, 5.41) is 3.42. The quantitative estimate of drug-likeness (QED) is 0.920. The third kappa shape index (κ3) is 2.59. The van der Waals surface area contributed by atoms with Gasteiger partial charge in [-0.25, -0.2) is 4.98 Å². The van der Waals surface area contributed by atoms with Gasteiger partial charge in [0.25, 0.3) is 0 Å². The Morgan fingerprint density at radius 1 is 1.33 bits per heavy atom. The Morgan fingerprint density at radius 3 is 2.86 bits per heavy atom. The maximum absolute atomic E-state index is 11.9. The van der Waals surface area contributed by atoms with E-state index in [0.717, 1.165) is 23.5 Å². The van der Waals surface area contributed by atoms with Crippen LogP contribution in [0.25, 0.3) is 0 Å². The van der Waals surface area contributed by atoms with Crippen molar-refractivity contribution < 1.29 is 4.79 Å². The smallest absolute Gasteiger partial charge is 0.224 e. The molecule has 0 radical (unpaired) electrons. The summed E-state index contributed by atoms with van der Waals surface area (Å²) >= 11 is 0. The maximum atomic E-state index is 11.9. The van der Waals surface area contributed by atoms with E-state index < -0.39 is 0 Å². The van der Waals surface area contributed by atoms with E-state index in [0.29, 0.717) is 0 Å². The van der Waals surface area contributed by atoms with Crippen LogP contribution in [-0.4, -0.2) is 21.9 Å². The van der Waals surface area contributed by atoms with E-state index in [2.05, 4.69) is 28.3 Å². The van der Waals surface area contributed by atoms with Crippen LogP contribution in [0.4, 0.5) is 11.5 Å². The molecule has 0 saturated carbocycles. The van der Waals surface area contributed by atoms with E-state index in [4.69, 9.17) is 0 Å². The second kappa shape index (κ2) is 5.52. The molecular formula is C16H18N4O. The summed E-state index contributed by atoms with van der Waals surface area (Å²) in [4.78, 5) is 22.1. The molecule has 2 unspecified atom stereocenters. The van der Waals surface area contributed by atoms with E-state index in [-0.39, 0.29) is 18.0 Å². The number of para-hydroxylation sites is 1. The molecule has 0 fully saturated rings. The Bertz CT molecular complexity index is 644. The van der Waals surface area contributed by atoms with E-state index in [1.807, 2.05) is 23.1 Å². The van der Waals surface area contributed by atoms with Crippen molar-refractivity contribution in [2.45, 2.75) is 32.4 Å². The van der Waals surface area contributed by atoms with Crippen molar-refractivity contribution in [3.05, 3.63) is 48.4 Å². The van der Waals surface area contributed by atoms with Crippen molar-refractivity contribution >= 4 is 17.4 Å². The van der Waals surface area contributed by atoms with Gasteiger partial charge < -0.3 is 10.2 Å². The molecule has 2 aromatic rings. The Balaban J connectivity index is 1.96. The number of anilines is 2. The Labute approximate surface area is 124 Å². The highest BCUT2D eigenvalue weighted by Gasteiger charge is 2.32. The molecule has 0 spiro atoms. The largest absolute Gasteiger partial charge is 0.362 e. The fourth-order valence-electron chi connectivity index (χ4n) is 2.98. The number of nitrogens with one attached hydrogen (secondary N) is 1. The van der Waals surface area contributed by atoms with Crippen molar-refractivity contribution in [3.63, 3.8) is 0 Å². The van der Waals surface area contributed by atoms with Crippen LogP contribution in [0.3, 0.4) is 0 Å². The third-order valence-electron chi connectivity index (χ3n) is 3.81. The summed E-state index contributed by atoms with van der Waals surface area (Å²) in [6.45, 7) is 3.69. The number of carbonyl (C=O) groups is 1. The van der Waals surface area contributed by atoms with Gasteiger partial charge in [0.2, 0.25) is 5.91 Å². The van der Waals surface area contributed by atoms with Crippen LogP contribution in [-0.2, 0) is 4.79 Å². The molecule has 2 heterocycles. The summed E-state index contributed by atoms with van der Waals surface area (Å²) in [5.41, 5.74) is 2.10. The van der Waals surface area contributed by atoms with Gasteiger partial charge in [0.1, 0.15) is 5.82 Å². The number of fused-ring (bicyclic) bond motifs is 1. The fourth-order valence-corrected chi connectivity index (χ4v) is 2.98. The van der Waals surface area contributed by atoms with Gasteiger partial charge in [-0.2, -0.15) is 0 Å². The average Bonchev–Trinajstić information content (AvgIpc) is 2.48. The van der Waals surface area contributed by atoms with Gasteiger partial charge in [0, 0.05) is 31.0 Å². The van der Waals surface area contributed by atoms with Gasteiger partial charge in [-0.3, -0.25) is 9.78 Å². The van der Waals surface area contributed by atoms with Crippen LogP contribution in [0.2, 0.25) is 0 Å². The topological polar surface area (TPSA) is 58.1 Å². The number of hydrogen-bond acceptors (Lipinski definition) is 4. The standard InChI is InChI=1S/C16H18N4O/c1-11-9-14(19-16-10-17-7-8-18-16)13-5-3-4-6-15(13)20(11)12(2)21/h3-8,10-11,14H,9H2,1-2H3,(H,18,19). The molecule has 21 heavy (non-hydrogen) atoms. The summed E-state index contributed by atoms with van der Waals surface area (Å²) in [5.74, 6) is 0.827. The molecule has 1 aromatic carbocycles. The SMILES string of the molecule is CC(=O)N1c2ccccc2C(Nc2cnccn2)CC1C. The van der Waals surface area contributed by atoms with Crippen LogP contribution < -0.4 is 10.2 Å². The number of aromatic nitrogens is 2. The highest BCUT2D eigenvalue weighted by Crippen LogP contribution is 2.38. The molecular weight excluding hydrogens is 264 g/mol. The van der Waals surface area contributed by atoms with Gasteiger partial charge in [-0.1, -0.05) is 18.2 Å². The summed E-state index contributed by atoms with van der Waals surface area (Å²) in [6.07, 6.45) is 5.88. The van der Waals surface area contributed by atoms with E-state index in [9.17, 15) is 4.79 Å². The molecule has 3 rings (SSSR count). The number of nitrogens with zero attached hydrogens (tertiary/aromatic N) is 3. The lowest BCUT2D eigenvalue weighted by Gasteiger charge is -2.39. The minimum Gasteiger partial charge on any atom is -0.362 e. The Morgan fingerprint density at radius 2 is 2.14 bits per heavy atom. The molecule has 2 atom stereocenters. The van der Waals surface area contributed by atoms with Crippen molar-refractivity contribution in [1.29, 1.82) is 0 Å². The lowest BCUT2D eigenvalue weighted by Crippen LogP contribution is -2.43. The van der Waals surface area contributed by atoms with Crippen LogP contribution >= 0.6 is 0 Å². The zero-order chi connectivity index (χ0) is 14.8. The first kappa shape index (κ1) is 13.5. The Hall–Kier alpha value is -2.43. The Kier molecular flexibility index (Phi) is 3.56. The lowest BCUT2D eigenvalue weighted by molar-refractivity contribution is -0.117. The summed E-state index contributed by atoms with van der Waals surface area (Å²) < 4.78 is 0. The average molecular weight is 282 g/mol. The summed E-state index contributed by atoms with van der Waals surface area (Å²) in [6, 6.07) is 8.29. The predicted octanol–water partition coefficient (Wildman–Crippen LogP) is 2.77. The van der Waals surface area contributed by atoms with Crippen molar-refractivity contribution in [3.8, 4) is 0 Å². The number of carbonyl (C=O) groups excluding carboxylic acids is 1. The zero-order valence-electron chi connectivity index (χ0n) is 12.2. The van der Waals surface area contributed by atoms with Crippen LogP contribution in [0, 0.1) is 0 Å². The van der Waals surface area contributed by atoms with Crippen molar-refractivity contribution in [2.75, 3.05) is 10.2 Å². The molecule has 0 bridgehead atoms. The van der Waals surface area contributed by atoms with Gasteiger partial charge in [0.05, 0.1) is 12.2 Å². The summed E-state index contributed by atoms with van der Waals surface area (Å²) in [7, 11) is 0. The van der Waals surface area contributed by atoms with Gasteiger partial charge in [0.15, 0.2) is 0 Å². The van der Waals surface area contributed by atoms with Crippen LogP contribution in [0.5, 0.6) is 0 Å². The number of amides is 1. The second-order valence-corrected chi connectivity index (χ2v) is 5.32. The molecule has 1 amide bonds. The molecule has 0 aliphatic carbocycles. The molecule has 0 saturated heterocycles. The van der Waals surface area contributed by atoms with Gasteiger partial charge in [-0.15, -0.1) is 0 Å². The predicted molar refractivity (Wildman–Crippen MR) is 82.1 cm³/mol. The highest BCUT2D eigenvalue weighted by atomic mass is 16.2. The van der Waals surface area contributed by atoms with E-state index >= 15 is 0 Å². The van der Waals surface area contributed by atoms with Crippen LogP contribution in [0.15, 0.2) is 42.9 Å². The number of rotatable bonds is 2. The monoisotopic (exact) mass is 282 g/mol. The fraction of sp³-hybridized carbons (Fsp3) is 0.312. The van der Waals surface area contributed by atoms with Crippen molar-refractivity contribution in [1.82, 2.24) is 9.97 Å². The minimum atomic E-state index is 0.0768. The lowest BCUT2D eigenvalue weighted by atomic mass is 9.91. The molecule has 1 aromatic heterocycles. The first-order chi connectivity index (χ1) is 10.2. The van der Waals surface area contributed by atoms with Crippen LogP contribution in [0.1, 0.15) is 31.9 Å².